The number of thiophene rings is 6. The maximum absolute atomic E-state index is 2.44. The average molecular weight is 2000 g/mol. The van der Waals surface area contributed by atoms with E-state index in [-0.39, 0.29) is 0 Å². The van der Waals surface area contributed by atoms with Gasteiger partial charge in [-0.15, -0.1) is 68.0 Å². The van der Waals surface area contributed by atoms with Gasteiger partial charge in [-0.1, -0.05) is 297 Å². The number of benzene rings is 23. The number of rotatable bonds is 19. The Labute approximate surface area is 881 Å². The van der Waals surface area contributed by atoms with Crippen LogP contribution in [0.1, 0.15) is 0 Å². The molecule has 23 aromatic carbocycles. The zero-order valence-corrected chi connectivity index (χ0v) is 85.0. The van der Waals surface area contributed by atoms with Gasteiger partial charge >= 0.3 is 0 Å². The molecule has 0 spiro atoms. The number of fused-ring (bicyclic) bond motifs is 19. The second-order valence-corrected chi connectivity index (χ2v) is 43.5. The van der Waals surface area contributed by atoms with E-state index in [1.807, 2.05) is 68.0 Å². The summed E-state index contributed by atoms with van der Waals surface area (Å²) >= 11 is 11.2. The first kappa shape index (κ1) is 89.3. The number of para-hydroxylation sites is 7. The Bertz CT molecular complexity index is 9850. The molecule has 0 aliphatic rings. The molecule has 0 saturated heterocycles. The average Bonchev–Trinajstić information content (AvgIpc) is 1.36. The van der Waals surface area contributed by atoms with Crippen molar-refractivity contribution in [2.45, 2.75) is 0 Å². The van der Waals surface area contributed by atoms with Gasteiger partial charge in [-0.05, 0) is 265 Å². The lowest BCUT2D eigenvalue weighted by atomic mass is 10.0. The van der Waals surface area contributed by atoms with Crippen molar-refractivity contribution >= 4 is 302 Å². The van der Waals surface area contributed by atoms with Gasteiger partial charge in [0.2, 0.25) is 0 Å². The third kappa shape index (κ3) is 16.9. The molecule has 0 amide bonds. The van der Waals surface area contributed by atoms with Crippen molar-refractivity contribution in [3.63, 3.8) is 0 Å². The van der Waals surface area contributed by atoms with Crippen LogP contribution >= 0.6 is 68.0 Å². The minimum absolute atomic E-state index is 1.13. The lowest BCUT2D eigenvalue weighted by molar-refractivity contribution is 1.29. The van der Waals surface area contributed by atoms with Gasteiger partial charge in [-0.25, -0.2) is 0 Å². The highest BCUT2D eigenvalue weighted by Gasteiger charge is 2.26. The molecule has 0 N–H and O–H groups in total. The molecule has 0 aliphatic carbocycles. The molecule has 0 aliphatic heterocycles. The second-order valence-electron chi connectivity index (χ2n) is 37.0. The predicted octanol–water partition coefficient (Wildman–Crippen LogP) is 42.9. The Morgan fingerprint density at radius 2 is 0.291 bits per heavy atom. The number of hydrogen-bond acceptors (Lipinski definition) is 12. The first-order valence-corrected chi connectivity index (χ1v) is 54.7. The van der Waals surface area contributed by atoms with E-state index in [1.165, 1.54) is 149 Å². The van der Waals surface area contributed by atoms with Crippen molar-refractivity contribution in [2.75, 3.05) is 29.4 Å². The van der Waals surface area contributed by atoms with Crippen LogP contribution in [0.3, 0.4) is 0 Å². The van der Waals surface area contributed by atoms with E-state index in [2.05, 4.69) is 575 Å². The van der Waals surface area contributed by atoms with Crippen LogP contribution in [0, 0.1) is 0 Å². The molecule has 0 radical (unpaired) electrons. The van der Waals surface area contributed by atoms with Gasteiger partial charge < -0.3 is 29.4 Å². The van der Waals surface area contributed by atoms with E-state index in [0.717, 1.165) is 96.7 Å². The molecule has 0 atom stereocenters. The molecule has 148 heavy (non-hydrogen) atoms. The fraction of sp³-hybridized carbons (Fsp3) is 0. The summed E-state index contributed by atoms with van der Waals surface area (Å²) in [5.74, 6) is 0. The fourth-order valence-electron chi connectivity index (χ4n) is 21.2. The van der Waals surface area contributed by atoms with Crippen molar-refractivity contribution in [1.29, 1.82) is 0 Å². The lowest BCUT2D eigenvalue weighted by Gasteiger charge is -2.27. The Morgan fingerprint density at radius 1 is 0.101 bits per heavy atom. The first-order chi connectivity index (χ1) is 73.3. The third-order valence-electron chi connectivity index (χ3n) is 28.1. The summed E-state index contributed by atoms with van der Waals surface area (Å²) in [6.07, 6.45) is 0. The van der Waals surface area contributed by atoms with Gasteiger partial charge in [0.1, 0.15) is 0 Å². The van der Waals surface area contributed by atoms with Gasteiger partial charge in [-0.3, -0.25) is 0 Å². The van der Waals surface area contributed by atoms with Gasteiger partial charge in [0.15, 0.2) is 0 Å². The Hall–Kier alpha value is -17.6. The minimum Gasteiger partial charge on any atom is -0.310 e. The molecule has 0 saturated carbocycles. The standard InChI is InChI=1S/C48H32N2S2.C46H30N2S2.C42H28N2S2/c1-4-12-33(13-5-1)34-20-22-37(23-21-34)50(39-24-27-42-41-18-10-11-19-45(41)51-47(42)31-39)40-25-28-43-44-30-38(26-29-46(44)52-48(43)32-40)49(35-14-6-2-7-15-35)36-16-8-3-9-17-36;1-3-14-32(15-4-1)47(33-16-5-2-6-17-33)34-24-27-44-41(28-34)40-26-23-36(30-46(40)50-44)48(42-20-11-13-31-12-7-8-18-37(31)42)35-22-25-39-38-19-9-10-21-43(38)49-45(39)29-35;1-4-12-29(13-5-1)43(30-14-6-2-7-15-30)32-22-25-40-38(26-32)37-24-21-34(28-42(37)46-40)44(31-16-8-3-9-17-31)33-20-23-36-35-18-10-11-19-39(35)45-41(36)27-33/h1-32H;1-30H;1-28H. The zero-order chi connectivity index (χ0) is 97.9. The summed E-state index contributed by atoms with van der Waals surface area (Å²) in [5, 5.41) is 18.0. The summed E-state index contributed by atoms with van der Waals surface area (Å²) in [6.45, 7) is 0. The molecule has 0 fully saturated rings. The minimum atomic E-state index is 1.13. The third-order valence-corrected chi connectivity index (χ3v) is 34.9. The van der Waals surface area contributed by atoms with Gasteiger partial charge in [0.05, 0.1) is 5.69 Å². The Kier molecular flexibility index (Phi) is 23.4. The molecule has 0 unspecified atom stereocenters. The number of hydrogen-bond donors (Lipinski definition) is 0. The number of anilines is 18. The maximum Gasteiger partial charge on any atom is 0.0540 e. The van der Waals surface area contributed by atoms with E-state index in [0.29, 0.717) is 0 Å². The fourth-order valence-corrected chi connectivity index (χ4v) is 28.0. The summed E-state index contributed by atoms with van der Waals surface area (Å²) in [4.78, 5) is 14.2. The largest absolute Gasteiger partial charge is 0.310 e. The summed E-state index contributed by atoms with van der Waals surface area (Å²) in [7, 11) is 0. The molecule has 0 bridgehead atoms. The summed E-state index contributed by atoms with van der Waals surface area (Å²) in [5.41, 5.74) is 23.1. The van der Waals surface area contributed by atoms with Crippen LogP contribution in [0.25, 0.3) is 143 Å². The Balaban J connectivity index is 0.000000110. The van der Waals surface area contributed by atoms with Crippen LogP contribution in [-0.2, 0) is 0 Å². The lowest BCUT2D eigenvalue weighted by Crippen LogP contribution is -2.10. The molecule has 29 aromatic rings. The van der Waals surface area contributed by atoms with Crippen molar-refractivity contribution in [3.05, 3.63) is 546 Å². The van der Waals surface area contributed by atoms with Crippen LogP contribution in [-0.4, -0.2) is 0 Å². The Morgan fingerprint density at radius 3 is 0.588 bits per heavy atom. The summed E-state index contributed by atoms with van der Waals surface area (Å²) < 4.78 is 15.5. The molecule has 29 rings (SSSR count). The highest BCUT2D eigenvalue weighted by molar-refractivity contribution is 7.28. The SMILES string of the molecule is c1ccc(-c2ccc(N(c3ccc4c(c3)sc3ccccc34)c3ccc4c(c3)sc3ccc(N(c5ccccc5)c5ccccc5)cc34)cc2)cc1.c1ccc(N(c2ccc3c(c2)sc2ccccc23)c2ccc3c(c2)sc2ccc(N(c4ccccc4)c4ccccc4)cc23)cc1.c1ccc(N(c2ccccc2)c2ccc3sc4cc(N(c5ccc6c(c5)sc5ccccc56)c5cccc6ccccc56)ccc4c3c2)cc1. The molecule has 6 aromatic heterocycles. The monoisotopic (exact) mass is 2000 g/mol. The predicted molar refractivity (Wildman–Crippen MR) is 648 cm³/mol. The van der Waals surface area contributed by atoms with Crippen molar-refractivity contribution in [1.82, 2.24) is 0 Å². The van der Waals surface area contributed by atoms with Crippen LogP contribution in [0.2, 0.25) is 0 Å². The van der Waals surface area contributed by atoms with Crippen molar-refractivity contribution in [3.8, 4) is 11.1 Å². The van der Waals surface area contributed by atoms with Crippen LogP contribution < -0.4 is 29.4 Å². The second kappa shape index (κ2) is 38.9. The normalized spacial score (nSPS) is 11.5. The quantitative estimate of drug-likeness (QED) is 0.0798. The van der Waals surface area contributed by atoms with Crippen molar-refractivity contribution in [2.24, 2.45) is 0 Å². The van der Waals surface area contributed by atoms with E-state index in [1.54, 1.807) is 0 Å². The molecular formula is C136H90N6S6. The van der Waals surface area contributed by atoms with E-state index >= 15 is 0 Å². The van der Waals surface area contributed by atoms with Crippen LogP contribution in [0.5, 0.6) is 0 Å². The zero-order valence-electron chi connectivity index (χ0n) is 80.1. The first-order valence-electron chi connectivity index (χ1n) is 49.8. The smallest absolute Gasteiger partial charge is 0.0540 e. The van der Waals surface area contributed by atoms with E-state index < -0.39 is 0 Å². The highest BCUT2D eigenvalue weighted by atomic mass is 32.1. The van der Waals surface area contributed by atoms with E-state index in [4.69, 9.17) is 0 Å². The van der Waals surface area contributed by atoms with Crippen LogP contribution in [0.4, 0.5) is 102 Å². The molecular weight excluding hydrogens is 1910 g/mol. The molecule has 12 heteroatoms. The topological polar surface area (TPSA) is 19.4 Å². The number of nitrogens with zero attached hydrogens (tertiary/aromatic N) is 6. The van der Waals surface area contributed by atoms with Gasteiger partial charge in [0, 0.05) is 223 Å². The summed E-state index contributed by atoms with van der Waals surface area (Å²) in [6, 6.07) is 198. The van der Waals surface area contributed by atoms with Gasteiger partial charge in [-0.2, -0.15) is 0 Å². The molecule has 700 valence electrons. The van der Waals surface area contributed by atoms with E-state index in [9.17, 15) is 0 Å². The van der Waals surface area contributed by atoms with Crippen LogP contribution in [0.15, 0.2) is 546 Å². The van der Waals surface area contributed by atoms with Crippen molar-refractivity contribution < 1.29 is 0 Å². The molecule has 6 nitrogen and oxygen atoms in total. The highest BCUT2D eigenvalue weighted by Crippen LogP contribution is 2.53. The maximum atomic E-state index is 2.44. The molecule has 6 heterocycles. The van der Waals surface area contributed by atoms with Gasteiger partial charge in [0.25, 0.3) is 0 Å².